The van der Waals surface area contributed by atoms with Crippen LogP contribution in [0.15, 0.2) is 69.6 Å². The molecule has 222 valence electrons. The van der Waals surface area contributed by atoms with E-state index < -0.39 is 16.8 Å². The molecular formula is C33H40Br2O6. The number of aromatic hydroxyl groups is 3. The molecule has 0 aliphatic heterocycles. The highest BCUT2D eigenvalue weighted by atomic mass is 79.9. The first-order valence-corrected chi connectivity index (χ1v) is 15.7. The Bertz CT molecular complexity index is 1290. The van der Waals surface area contributed by atoms with Crippen LogP contribution in [-0.2, 0) is 16.8 Å². The van der Waals surface area contributed by atoms with Crippen LogP contribution in [0.4, 0.5) is 0 Å². The van der Waals surface area contributed by atoms with Crippen molar-refractivity contribution in [3.05, 3.63) is 86.3 Å². The minimum absolute atomic E-state index is 0.157. The number of phenols is 3. The topological polar surface area (TPSA) is 121 Å². The van der Waals surface area contributed by atoms with Gasteiger partial charge in [0.15, 0.2) is 0 Å². The van der Waals surface area contributed by atoms with Crippen LogP contribution in [0.25, 0.3) is 0 Å². The third-order valence-corrected chi connectivity index (χ3v) is 9.91. The first-order chi connectivity index (χ1) is 19.2. The van der Waals surface area contributed by atoms with Crippen LogP contribution in [-0.4, -0.2) is 30.6 Å². The Hall–Kier alpha value is -2.10. The molecule has 3 saturated carbocycles. The molecule has 0 radical (unpaired) electrons. The Morgan fingerprint density at radius 3 is 1.17 bits per heavy atom. The van der Waals surface area contributed by atoms with Gasteiger partial charge in [-0.05, 0) is 127 Å². The summed E-state index contributed by atoms with van der Waals surface area (Å²) in [5.41, 5.74) is -0.756. The summed E-state index contributed by atoms with van der Waals surface area (Å²) in [5.74, 6) is 1.42. The van der Waals surface area contributed by atoms with Crippen molar-refractivity contribution < 1.29 is 30.6 Å². The van der Waals surface area contributed by atoms with Gasteiger partial charge in [0, 0.05) is 16.7 Å². The number of halogens is 2. The van der Waals surface area contributed by atoms with Gasteiger partial charge < -0.3 is 30.6 Å². The lowest BCUT2D eigenvalue weighted by molar-refractivity contribution is 0.0302. The Balaban J connectivity index is 0.000000142. The minimum Gasteiger partial charge on any atom is -0.508 e. The predicted molar refractivity (Wildman–Crippen MR) is 167 cm³/mol. The van der Waals surface area contributed by atoms with Gasteiger partial charge in [-0.25, -0.2) is 0 Å². The molecule has 0 saturated heterocycles. The molecule has 6 rings (SSSR count). The quantitative estimate of drug-likeness (QED) is 0.159. The van der Waals surface area contributed by atoms with Gasteiger partial charge in [0.25, 0.3) is 0 Å². The van der Waals surface area contributed by atoms with Crippen LogP contribution in [0.3, 0.4) is 0 Å². The van der Waals surface area contributed by atoms with E-state index >= 15 is 0 Å². The number of aliphatic hydroxyl groups is 3. The number of hydrogen-bond donors (Lipinski definition) is 6. The summed E-state index contributed by atoms with van der Waals surface area (Å²) in [6.07, 6.45) is 6.28. The number of phenolic OH excluding ortho intramolecular Hbond substituents is 3. The summed E-state index contributed by atoms with van der Waals surface area (Å²) in [5, 5.41) is 59.8. The molecule has 3 atom stereocenters. The third-order valence-electron chi connectivity index (χ3n) is 8.63. The van der Waals surface area contributed by atoms with E-state index in [4.69, 9.17) is 0 Å². The molecule has 0 spiro atoms. The first-order valence-electron chi connectivity index (χ1n) is 14.1. The first kappa shape index (κ1) is 31.8. The second-order valence-electron chi connectivity index (χ2n) is 12.1. The highest BCUT2D eigenvalue weighted by molar-refractivity contribution is 9.10. The average molecular weight is 692 g/mol. The summed E-state index contributed by atoms with van der Waals surface area (Å²) < 4.78 is 1.27. The Morgan fingerprint density at radius 1 is 0.512 bits per heavy atom. The van der Waals surface area contributed by atoms with Gasteiger partial charge in [-0.3, -0.25) is 0 Å². The summed E-state index contributed by atoms with van der Waals surface area (Å²) in [4.78, 5) is 0. The third kappa shape index (κ3) is 7.28. The molecule has 0 heterocycles. The molecule has 3 aromatic carbocycles. The van der Waals surface area contributed by atoms with Gasteiger partial charge in [0.2, 0.25) is 0 Å². The lowest BCUT2D eigenvalue weighted by Gasteiger charge is -2.24. The molecule has 0 bridgehead atoms. The summed E-state index contributed by atoms with van der Waals surface area (Å²) in [6.45, 7) is 5.32. The van der Waals surface area contributed by atoms with Crippen molar-refractivity contribution in [2.45, 2.75) is 76.1 Å². The van der Waals surface area contributed by atoms with Crippen LogP contribution in [0.5, 0.6) is 17.2 Å². The maximum Gasteiger partial charge on any atom is 0.135 e. The molecule has 3 unspecified atom stereocenters. The second-order valence-corrected chi connectivity index (χ2v) is 13.8. The predicted octanol–water partition coefficient (Wildman–Crippen LogP) is 7.55. The van der Waals surface area contributed by atoms with Crippen molar-refractivity contribution in [3.63, 3.8) is 0 Å². The van der Waals surface area contributed by atoms with E-state index in [1.54, 1.807) is 63.2 Å². The van der Waals surface area contributed by atoms with Gasteiger partial charge in [0.1, 0.15) is 17.2 Å². The molecule has 6 nitrogen and oxygen atoms in total. The Kier molecular flexibility index (Phi) is 9.51. The number of hydrogen-bond acceptors (Lipinski definition) is 6. The van der Waals surface area contributed by atoms with E-state index in [-0.39, 0.29) is 17.2 Å². The van der Waals surface area contributed by atoms with Crippen molar-refractivity contribution in [2.75, 3.05) is 0 Å². The fourth-order valence-electron chi connectivity index (χ4n) is 5.35. The largest absolute Gasteiger partial charge is 0.508 e. The van der Waals surface area contributed by atoms with Crippen LogP contribution in [0.1, 0.15) is 76.0 Å². The summed E-state index contributed by atoms with van der Waals surface area (Å²) in [7, 11) is 0. The molecule has 6 N–H and O–H groups in total. The summed E-state index contributed by atoms with van der Waals surface area (Å²) >= 11 is 6.49. The summed E-state index contributed by atoms with van der Waals surface area (Å²) in [6, 6.07) is 17.7. The van der Waals surface area contributed by atoms with E-state index in [1.807, 2.05) is 18.2 Å². The minimum atomic E-state index is -0.895. The SMILES string of the molecule is CC(O)(c1cccc(Br)c1O)C1CC1.CC(O)(c1cccc(Br)c1O)C1CC1.CC(O)(c1ccccc1O)C1CC1. The van der Waals surface area contributed by atoms with Gasteiger partial charge in [-0.1, -0.05) is 42.5 Å². The number of rotatable bonds is 6. The normalized spacial score (nSPS) is 20.7. The van der Waals surface area contributed by atoms with Crippen molar-refractivity contribution in [1.82, 2.24) is 0 Å². The zero-order chi connectivity index (χ0) is 30.2. The van der Waals surface area contributed by atoms with Gasteiger partial charge in [-0.2, -0.15) is 0 Å². The molecular weight excluding hydrogens is 652 g/mol. The maximum absolute atomic E-state index is 10.2. The molecule has 3 aliphatic carbocycles. The van der Waals surface area contributed by atoms with E-state index in [1.165, 1.54) is 0 Å². The van der Waals surface area contributed by atoms with E-state index in [9.17, 15) is 30.6 Å². The molecule has 41 heavy (non-hydrogen) atoms. The standard InChI is InChI=1S/2C11H13BrO2.C11H14O2/c2*1-11(14,7-5-6-7)8-3-2-4-9(12)10(8)13;1-11(13,8-6-7-8)9-4-2-3-5-10(9)12/h2*2-4,7,13-14H,5-6H2,1H3;2-5,8,12-13H,6-7H2,1H3. The fraction of sp³-hybridized carbons (Fsp3) is 0.455. The van der Waals surface area contributed by atoms with E-state index in [0.29, 0.717) is 43.4 Å². The maximum atomic E-state index is 10.2. The van der Waals surface area contributed by atoms with Gasteiger partial charge in [0.05, 0.1) is 25.7 Å². The van der Waals surface area contributed by atoms with Crippen LogP contribution < -0.4 is 0 Å². The van der Waals surface area contributed by atoms with Crippen LogP contribution >= 0.6 is 31.9 Å². The van der Waals surface area contributed by atoms with Gasteiger partial charge >= 0.3 is 0 Å². The van der Waals surface area contributed by atoms with Crippen LogP contribution in [0.2, 0.25) is 0 Å². The van der Waals surface area contributed by atoms with Gasteiger partial charge in [-0.15, -0.1) is 0 Å². The highest BCUT2D eigenvalue weighted by Crippen LogP contribution is 2.50. The number of para-hydroxylation sites is 3. The lowest BCUT2D eigenvalue weighted by atomic mass is 9.90. The van der Waals surface area contributed by atoms with Crippen molar-refractivity contribution in [1.29, 1.82) is 0 Å². The molecule has 3 aliphatic rings. The highest BCUT2D eigenvalue weighted by Gasteiger charge is 2.44. The second kappa shape index (κ2) is 12.3. The Labute approximate surface area is 259 Å². The monoisotopic (exact) mass is 690 g/mol. The average Bonchev–Trinajstić information content (AvgIpc) is 3.78. The fourth-order valence-corrected chi connectivity index (χ4v) is 6.08. The molecule has 0 aromatic heterocycles. The number of benzene rings is 3. The van der Waals surface area contributed by atoms with E-state index in [0.717, 1.165) is 38.5 Å². The molecule has 8 heteroatoms. The van der Waals surface area contributed by atoms with Crippen molar-refractivity contribution >= 4 is 31.9 Å². The Morgan fingerprint density at radius 2 is 0.829 bits per heavy atom. The molecule has 3 fully saturated rings. The zero-order valence-corrected chi connectivity index (χ0v) is 26.9. The lowest BCUT2D eigenvalue weighted by Crippen LogP contribution is -2.23. The molecule has 3 aromatic rings. The molecule has 0 amide bonds. The smallest absolute Gasteiger partial charge is 0.135 e. The van der Waals surface area contributed by atoms with E-state index in [2.05, 4.69) is 31.9 Å². The van der Waals surface area contributed by atoms with Crippen molar-refractivity contribution in [3.8, 4) is 17.2 Å². The van der Waals surface area contributed by atoms with Crippen molar-refractivity contribution in [2.24, 2.45) is 17.8 Å². The zero-order valence-electron chi connectivity index (χ0n) is 23.7. The van der Waals surface area contributed by atoms with Crippen LogP contribution in [0, 0.1) is 17.8 Å².